The van der Waals surface area contributed by atoms with E-state index < -0.39 is 11.7 Å². The Morgan fingerprint density at radius 3 is 2.46 bits per heavy atom. The summed E-state index contributed by atoms with van der Waals surface area (Å²) >= 11 is 0.419. The fourth-order valence-electron chi connectivity index (χ4n) is 2.30. The third-order valence-electron chi connectivity index (χ3n) is 3.59. The van der Waals surface area contributed by atoms with Crippen molar-refractivity contribution in [3.05, 3.63) is 72.3 Å². The number of thioether (sulfide) groups is 1. The molecule has 0 aliphatic carbocycles. The van der Waals surface area contributed by atoms with Gasteiger partial charge in [-0.2, -0.15) is 19.1 Å². The van der Waals surface area contributed by atoms with E-state index in [4.69, 9.17) is 0 Å². The van der Waals surface area contributed by atoms with E-state index in [0.29, 0.717) is 27.9 Å². The average molecular weight is 397 g/mol. The van der Waals surface area contributed by atoms with Crippen molar-refractivity contribution >= 4 is 29.4 Å². The van der Waals surface area contributed by atoms with Crippen LogP contribution in [0.15, 0.2) is 71.7 Å². The quantitative estimate of drug-likeness (QED) is 0.384. The molecule has 28 heavy (non-hydrogen) atoms. The first kappa shape index (κ1) is 19.3. The fourth-order valence-corrected chi connectivity index (χ4v) is 2.80. The molecule has 0 atom stereocenters. The molecule has 0 unspecified atom stereocenters. The van der Waals surface area contributed by atoms with Gasteiger partial charge in [0.2, 0.25) is 0 Å². The zero-order valence-corrected chi connectivity index (χ0v) is 15.1. The van der Waals surface area contributed by atoms with Crippen LogP contribution in [0.3, 0.4) is 0 Å². The van der Waals surface area contributed by atoms with Gasteiger partial charge < -0.3 is 5.32 Å². The summed E-state index contributed by atoms with van der Waals surface area (Å²) in [5, 5.41) is 15.9. The van der Waals surface area contributed by atoms with Crippen molar-refractivity contribution in [1.82, 2.24) is 14.8 Å². The molecule has 1 amide bonds. The maximum Gasteiger partial charge on any atom is 0.288 e. The molecule has 0 fully saturated rings. The number of nitrogens with zero attached hydrogens (tertiary/aromatic N) is 4. The van der Waals surface area contributed by atoms with Gasteiger partial charge in [0.1, 0.15) is 24.3 Å². The second kappa shape index (κ2) is 8.92. The molecule has 1 aromatic heterocycles. The second-order valence-corrected chi connectivity index (χ2v) is 6.52. The van der Waals surface area contributed by atoms with Gasteiger partial charge in [-0.25, -0.2) is 9.67 Å². The number of hydrogen-bond acceptors (Lipinski definition) is 5. The van der Waals surface area contributed by atoms with Gasteiger partial charge in [0.25, 0.3) is 11.7 Å². The van der Waals surface area contributed by atoms with E-state index in [9.17, 15) is 18.8 Å². The molecule has 0 saturated heterocycles. The Kier molecular flexibility index (Phi) is 6.14. The summed E-state index contributed by atoms with van der Waals surface area (Å²) in [5.74, 6) is -3.10. The highest BCUT2D eigenvalue weighted by atomic mass is 32.2. The topological polar surface area (TPSA) is 83.6 Å². The van der Waals surface area contributed by atoms with Crippen molar-refractivity contribution in [2.45, 2.75) is 10.7 Å². The molecule has 0 saturated carbocycles. The Morgan fingerprint density at radius 1 is 1.18 bits per heavy atom. The van der Waals surface area contributed by atoms with Gasteiger partial charge in [-0.3, -0.25) is 4.79 Å². The normalized spacial score (nSPS) is 11.3. The number of anilines is 1. The fraction of sp³-hybridized carbons (Fsp3) is 0.0526. The highest BCUT2D eigenvalue weighted by molar-refractivity contribution is 7.99. The Balaban J connectivity index is 1.70. The summed E-state index contributed by atoms with van der Waals surface area (Å²) in [6, 6.07) is 14.9. The molecule has 0 radical (unpaired) electrons. The van der Waals surface area contributed by atoms with Crippen LogP contribution in [0, 0.1) is 11.3 Å². The van der Waals surface area contributed by atoms with Crippen LogP contribution in [0.1, 0.15) is 5.56 Å². The van der Waals surface area contributed by atoms with Crippen molar-refractivity contribution in [3.8, 4) is 11.8 Å². The van der Waals surface area contributed by atoms with Crippen molar-refractivity contribution in [2.75, 3.05) is 5.32 Å². The van der Waals surface area contributed by atoms with Crippen LogP contribution in [0.25, 0.3) is 11.8 Å². The largest absolute Gasteiger partial charge is 0.321 e. The van der Waals surface area contributed by atoms with E-state index >= 15 is 0 Å². The molecule has 0 aliphatic rings. The van der Waals surface area contributed by atoms with Crippen molar-refractivity contribution in [2.24, 2.45) is 0 Å². The van der Waals surface area contributed by atoms with Crippen LogP contribution in [0.4, 0.5) is 14.5 Å². The Bertz CT molecular complexity index is 1010. The standard InChI is InChI=1S/C19H13F2N5OS/c20-19(21)28-17-7-3-15(4-8-17)25-18(27)14(10-22)9-13-1-5-16(6-2-13)26-12-23-11-24-26/h1-9,11-12,19H,(H,25,27)/b14-9+. The van der Waals surface area contributed by atoms with E-state index in [1.807, 2.05) is 6.07 Å². The maximum atomic E-state index is 12.3. The lowest BCUT2D eigenvalue weighted by molar-refractivity contribution is -0.112. The minimum Gasteiger partial charge on any atom is -0.321 e. The van der Waals surface area contributed by atoms with Crippen LogP contribution in [-0.4, -0.2) is 26.4 Å². The van der Waals surface area contributed by atoms with Gasteiger partial charge in [0.15, 0.2) is 0 Å². The second-order valence-electron chi connectivity index (χ2n) is 5.46. The third kappa shape index (κ3) is 5.02. The highest BCUT2D eigenvalue weighted by Crippen LogP contribution is 2.26. The van der Waals surface area contributed by atoms with Gasteiger partial charge >= 0.3 is 0 Å². The molecule has 9 heteroatoms. The summed E-state index contributed by atoms with van der Waals surface area (Å²) in [7, 11) is 0. The van der Waals surface area contributed by atoms with E-state index in [1.54, 1.807) is 35.3 Å². The first-order valence-electron chi connectivity index (χ1n) is 7.98. The first-order valence-corrected chi connectivity index (χ1v) is 8.86. The number of alkyl halides is 2. The minimum atomic E-state index is -2.51. The van der Waals surface area contributed by atoms with Crippen LogP contribution in [0.2, 0.25) is 0 Å². The number of aromatic nitrogens is 3. The molecule has 1 heterocycles. The Labute approximate surface area is 163 Å². The zero-order valence-electron chi connectivity index (χ0n) is 14.3. The molecule has 3 rings (SSSR count). The smallest absolute Gasteiger partial charge is 0.288 e. The molecular weight excluding hydrogens is 384 g/mol. The number of amides is 1. The maximum absolute atomic E-state index is 12.3. The molecule has 0 bridgehead atoms. The number of hydrogen-bond donors (Lipinski definition) is 1. The van der Waals surface area contributed by atoms with Crippen LogP contribution in [-0.2, 0) is 4.79 Å². The van der Waals surface area contributed by atoms with Crippen LogP contribution < -0.4 is 5.32 Å². The number of rotatable bonds is 6. The van der Waals surface area contributed by atoms with E-state index in [1.165, 1.54) is 36.7 Å². The van der Waals surface area contributed by atoms with Crippen LogP contribution >= 0.6 is 11.8 Å². The number of nitriles is 1. The van der Waals surface area contributed by atoms with Crippen molar-refractivity contribution < 1.29 is 13.6 Å². The van der Waals surface area contributed by atoms with Crippen LogP contribution in [0.5, 0.6) is 0 Å². The zero-order chi connectivity index (χ0) is 19.9. The van der Waals surface area contributed by atoms with Crippen molar-refractivity contribution in [3.63, 3.8) is 0 Å². The molecule has 140 valence electrons. The summed E-state index contributed by atoms with van der Waals surface area (Å²) in [6.07, 6.45) is 4.44. The van der Waals surface area contributed by atoms with Gasteiger partial charge in [-0.05, 0) is 48.0 Å². The molecule has 0 aliphatic heterocycles. The molecule has 6 nitrogen and oxygen atoms in total. The lowest BCUT2D eigenvalue weighted by atomic mass is 10.1. The Morgan fingerprint density at radius 2 is 1.89 bits per heavy atom. The van der Waals surface area contributed by atoms with Gasteiger partial charge in [0.05, 0.1) is 5.69 Å². The number of benzene rings is 2. The molecule has 2 aromatic carbocycles. The Hall–Kier alpha value is -3.51. The lowest BCUT2D eigenvalue weighted by Gasteiger charge is -2.06. The average Bonchev–Trinajstić information content (AvgIpc) is 3.22. The predicted molar refractivity (Wildman–Crippen MR) is 102 cm³/mol. The van der Waals surface area contributed by atoms with Crippen molar-refractivity contribution in [1.29, 1.82) is 5.26 Å². The van der Waals surface area contributed by atoms with E-state index in [0.717, 1.165) is 5.69 Å². The number of carbonyl (C=O) groups excluding carboxylic acids is 1. The monoisotopic (exact) mass is 397 g/mol. The van der Waals surface area contributed by atoms with E-state index in [-0.39, 0.29) is 5.57 Å². The highest BCUT2D eigenvalue weighted by Gasteiger charge is 2.10. The number of nitrogens with one attached hydrogen (secondary N) is 1. The summed E-state index contributed by atoms with van der Waals surface area (Å²) in [5.41, 5.74) is 1.78. The molecular formula is C19H13F2N5OS. The van der Waals surface area contributed by atoms with Gasteiger partial charge in [-0.15, -0.1) is 0 Å². The summed E-state index contributed by atoms with van der Waals surface area (Å²) in [6.45, 7) is 0. The molecule has 1 N–H and O–H groups in total. The minimum absolute atomic E-state index is 0.0838. The summed E-state index contributed by atoms with van der Waals surface area (Å²) < 4.78 is 26.3. The molecule has 0 spiro atoms. The first-order chi connectivity index (χ1) is 13.5. The number of halogens is 2. The molecule has 3 aromatic rings. The van der Waals surface area contributed by atoms with Gasteiger partial charge in [0, 0.05) is 10.6 Å². The third-order valence-corrected chi connectivity index (χ3v) is 4.31. The lowest BCUT2D eigenvalue weighted by Crippen LogP contribution is -2.13. The predicted octanol–water partition coefficient (Wildman–Crippen LogP) is 4.13. The summed E-state index contributed by atoms with van der Waals surface area (Å²) in [4.78, 5) is 16.6. The van der Waals surface area contributed by atoms with Gasteiger partial charge in [-0.1, -0.05) is 23.9 Å². The SMILES string of the molecule is N#C/C(=C\c1ccc(-n2cncn2)cc1)C(=O)Nc1ccc(SC(F)F)cc1. The number of carbonyl (C=O) groups is 1. The van der Waals surface area contributed by atoms with E-state index in [2.05, 4.69) is 15.4 Å².